The van der Waals surface area contributed by atoms with Crippen molar-refractivity contribution in [2.75, 3.05) is 19.7 Å². The van der Waals surface area contributed by atoms with E-state index in [2.05, 4.69) is 5.32 Å². The van der Waals surface area contributed by atoms with Gasteiger partial charge in [0.25, 0.3) is 0 Å². The summed E-state index contributed by atoms with van der Waals surface area (Å²) < 4.78 is 5.24. The molecule has 3 atom stereocenters. The van der Waals surface area contributed by atoms with Crippen molar-refractivity contribution in [3.05, 3.63) is 0 Å². The molecule has 3 unspecified atom stereocenters. The maximum Gasteiger partial charge on any atom is 0.306 e. The molecular formula is C10H19NO5. The Kier molecular flexibility index (Phi) is 4.67. The summed E-state index contributed by atoms with van der Waals surface area (Å²) in [7, 11) is 0. The van der Waals surface area contributed by atoms with Crippen LogP contribution < -0.4 is 5.32 Å². The minimum Gasteiger partial charge on any atom is -0.481 e. The number of aliphatic hydroxyl groups is 2. The van der Waals surface area contributed by atoms with Gasteiger partial charge < -0.3 is 25.4 Å². The number of aliphatic carboxylic acids is 1. The van der Waals surface area contributed by atoms with Gasteiger partial charge in [0.05, 0.1) is 18.6 Å². The fourth-order valence-corrected chi connectivity index (χ4v) is 1.73. The molecule has 1 aliphatic rings. The number of rotatable bonds is 6. The molecule has 0 aromatic carbocycles. The van der Waals surface area contributed by atoms with Crippen LogP contribution in [0.3, 0.4) is 0 Å². The molecule has 16 heavy (non-hydrogen) atoms. The lowest BCUT2D eigenvalue weighted by Gasteiger charge is -2.26. The molecule has 0 spiro atoms. The second-order valence-electron chi connectivity index (χ2n) is 4.25. The quantitative estimate of drug-likeness (QED) is 0.467. The average molecular weight is 233 g/mol. The molecule has 6 heteroatoms. The number of ether oxygens (including phenoxy) is 1. The van der Waals surface area contributed by atoms with Crippen LogP contribution in [0.2, 0.25) is 0 Å². The van der Waals surface area contributed by atoms with E-state index >= 15 is 0 Å². The molecule has 0 aromatic heterocycles. The lowest BCUT2D eigenvalue weighted by Crippen LogP contribution is -2.47. The summed E-state index contributed by atoms with van der Waals surface area (Å²) in [4.78, 5) is 10.3. The summed E-state index contributed by atoms with van der Waals surface area (Å²) in [6.45, 7) is 2.77. The minimum atomic E-state index is -1.04. The van der Waals surface area contributed by atoms with Crippen molar-refractivity contribution in [2.24, 2.45) is 0 Å². The number of carboxylic acids is 1. The van der Waals surface area contributed by atoms with E-state index in [0.717, 1.165) is 0 Å². The molecule has 0 saturated carbocycles. The number of aliphatic hydroxyl groups excluding tert-OH is 1. The molecule has 1 aliphatic heterocycles. The lowest BCUT2D eigenvalue weighted by molar-refractivity contribution is -0.139. The summed E-state index contributed by atoms with van der Waals surface area (Å²) in [6.07, 6.45) is -0.913. The van der Waals surface area contributed by atoms with E-state index < -0.39 is 17.7 Å². The Bertz CT molecular complexity index is 247. The summed E-state index contributed by atoms with van der Waals surface area (Å²) in [5.41, 5.74) is -0.914. The molecule has 0 radical (unpaired) electrons. The summed E-state index contributed by atoms with van der Waals surface area (Å²) in [6, 6.07) is 0. The molecule has 0 aliphatic carbocycles. The SMILES string of the molecule is CC1OCCC1(O)CNCC(O)CC(=O)O. The molecule has 0 amide bonds. The number of carbonyl (C=O) groups is 1. The second-order valence-corrected chi connectivity index (χ2v) is 4.25. The maximum absolute atomic E-state index is 10.3. The molecule has 0 aromatic rings. The molecule has 6 nitrogen and oxygen atoms in total. The highest BCUT2D eigenvalue weighted by atomic mass is 16.5. The van der Waals surface area contributed by atoms with Crippen LogP contribution >= 0.6 is 0 Å². The van der Waals surface area contributed by atoms with Crippen molar-refractivity contribution in [1.82, 2.24) is 5.32 Å². The number of hydrogen-bond donors (Lipinski definition) is 4. The minimum absolute atomic E-state index is 0.154. The fraction of sp³-hybridized carbons (Fsp3) is 0.900. The van der Waals surface area contributed by atoms with Crippen LogP contribution in [0.25, 0.3) is 0 Å². The van der Waals surface area contributed by atoms with E-state index in [9.17, 15) is 15.0 Å². The van der Waals surface area contributed by atoms with Crippen molar-refractivity contribution < 1.29 is 24.9 Å². The van der Waals surface area contributed by atoms with Crippen LogP contribution in [0.4, 0.5) is 0 Å². The topological polar surface area (TPSA) is 99.0 Å². The Labute approximate surface area is 94.2 Å². The highest BCUT2D eigenvalue weighted by Gasteiger charge is 2.39. The van der Waals surface area contributed by atoms with E-state index in [-0.39, 0.29) is 19.1 Å². The van der Waals surface area contributed by atoms with E-state index in [1.807, 2.05) is 0 Å². The van der Waals surface area contributed by atoms with Crippen molar-refractivity contribution in [1.29, 1.82) is 0 Å². The van der Waals surface area contributed by atoms with Crippen LogP contribution in [0, 0.1) is 0 Å². The van der Waals surface area contributed by atoms with Crippen molar-refractivity contribution >= 4 is 5.97 Å². The predicted molar refractivity (Wildman–Crippen MR) is 56.1 cm³/mol. The molecule has 1 saturated heterocycles. The van der Waals surface area contributed by atoms with E-state index in [4.69, 9.17) is 9.84 Å². The van der Waals surface area contributed by atoms with Gasteiger partial charge in [-0.1, -0.05) is 0 Å². The molecule has 1 fully saturated rings. The number of carboxylic acid groups (broad SMARTS) is 1. The summed E-state index contributed by atoms with van der Waals surface area (Å²) >= 11 is 0. The molecule has 94 valence electrons. The Morgan fingerprint density at radius 2 is 2.38 bits per heavy atom. The first-order valence-corrected chi connectivity index (χ1v) is 5.38. The second kappa shape index (κ2) is 5.58. The Morgan fingerprint density at radius 3 is 2.88 bits per heavy atom. The summed E-state index contributed by atoms with van der Waals surface area (Å²) in [5.74, 6) is -1.04. The van der Waals surface area contributed by atoms with Gasteiger partial charge in [0.2, 0.25) is 0 Å². The normalized spacial score (nSPS) is 31.6. The average Bonchev–Trinajstić information content (AvgIpc) is 2.46. The van der Waals surface area contributed by atoms with Gasteiger partial charge in [-0.3, -0.25) is 4.79 Å². The van der Waals surface area contributed by atoms with Crippen LogP contribution in [0.1, 0.15) is 19.8 Å². The van der Waals surface area contributed by atoms with Crippen molar-refractivity contribution in [3.8, 4) is 0 Å². The molecule has 0 bridgehead atoms. The molecule has 1 heterocycles. The van der Waals surface area contributed by atoms with Gasteiger partial charge in [-0.2, -0.15) is 0 Å². The molecule has 1 rings (SSSR count). The zero-order chi connectivity index (χ0) is 12.2. The van der Waals surface area contributed by atoms with Gasteiger partial charge in [-0.05, 0) is 6.92 Å². The molecular weight excluding hydrogens is 214 g/mol. The predicted octanol–water partition coefficient (Wildman–Crippen LogP) is -1.05. The van der Waals surface area contributed by atoms with Gasteiger partial charge in [0.1, 0.15) is 5.60 Å². The van der Waals surface area contributed by atoms with Gasteiger partial charge in [0, 0.05) is 26.1 Å². The monoisotopic (exact) mass is 233 g/mol. The van der Waals surface area contributed by atoms with Crippen LogP contribution in [0.15, 0.2) is 0 Å². The maximum atomic E-state index is 10.3. The van der Waals surface area contributed by atoms with Crippen LogP contribution in [-0.2, 0) is 9.53 Å². The highest BCUT2D eigenvalue weighted by molar-refractivity contribution is 5.67. The van der Waals surface area contributed by atoms with E-state index in [1.165, 1.54) is 0 Å². The van der Waals surface area contributed by atoms with Crippen molar-refractivity contribution in [2.45, 2.75) is 37.6 Å². The third-order valence-corrected chi connectivity index (χ3v) is 2.88. The smallest absolute Gasteiger partial charge is 0.306 e. The lowest BCUT2D eigenvalue weighted by atomic mass is 9.96. The van der Waals surface area contributed by atoms with Crippen LogP contribution in [-0.4, -0.2) is 58.8 Å². The molecule has 4 N–H and O–H groups in total. The fourth-order valence-electron chi connectivity index (χ4n) is 1.73. The summed E-state index contributed by atoms with van der Waals surface area (Å²) in [5, 5.41) is 30.6. The van der Waals surface area contributed by atoms with Crippen molar-refractivity contribution in [3.63, 3.8) is 0 Å². The van der Waals surface area contributed by atoms with Crippen LogP contribution in [0.5, 0.6) is 0 Å². The van der Waals surface area contributed by atoms with E-state index in [1.54, 1.807) is 6.92 Å². The van der Waals surface area contributed by atoms with Gasteiger partial charge in [0.15, 0.2) is 0 Å². The number of nitrogens with one attached hydrogen (secondary N) is 1. The first kappa shape index (κ1) is 13.4. The van der Waals surface area contributed by atoms with Gasteiger partial charge >= 0.3 is 5.97 Å². The van der Waals surface area contributed by atoms with Gasteiger partial charge in [-0.25, -0.2) is 0 Å². The Hall–Kier alpha value is -0.690. The zero-order valence-electron chi connectivity index (χ0n) is 9.35. The standard InChI is InChI=1S/C10H19NO5/c1-7-10(15,2-3-16-7)6-11-5-8(12)4-9(13)14/h7-8,11-12,15H,2-6H2,1H3,(H,13,14). The zero-order valence-corrected chi connectivity index (χ0v) is 9.35. The highest BCUT2D eigenvalue weighted by Crippen LogP contribution is 2.24. The first-order valence-electron chi connectivity index (χ1n) is 5.38. The van der Waals surface area contributed by atoms with Gasteiger partial charge in [-0.15, -0.1) is 0 Å². The third-order valence-electron chi connectivity index (χ3n) is 2.88. The third kappa shape index (κ3) is 3.71. The van der Waals surface area contributed by atoms with E-state index in [0.29, 0.717) is 19.6 Å². The first-order chi connectivity index (χ1) is 7.44. The number of hydrogen-bond acceptors (Lipinski definition) is 5. The largest absolute Gasteiger partial charge is 0.481 e. The Balaban J connectivity index is 2.22. The Morgan fingerprint density at radius 1 is 1.69 bits per heavy atom.